The summed E-state index contributed by atoms with van der Waals surface area (Å²) in [5.41, 5.74) is 1.72. The number of ether oxygens (including phenoxy) is 3. The molecule has 1 fully saturated rings. The lowest BCUT2D eigenvalue weighted by Crippen LogP contribution is -2.46. The maximum Gasteiger partial charge on any atom is 0.411 e. The number of anilines is 2. The van der Waals surface area contributed by atoms with Crippen LogP contribution in [0.3, 0.4) is 0 Å². The van der Waals surface area contributed by atoms with Gasteiger partial charge in [0.2, 0.25) is 0 Å². The molecule has 0 bridgehead atoms. The van der Waals surface area contributed by atoms with E-state index in [-0.39, 0.29) is 12.4 Å². The first-order valence-corrected chi connectivity index (χ1v) is 10.6. The van der Waals surface area contributed by atoms with Crippen LogP contribution in [0, 0.1) is 0 Å². The Kier molecular flexibility index (Phi) is 8.51. The lowest BCUT2D eigenvalue weighted by atomic mass is 10.2. The number of piperazine rings is 1. The average molecular weight is 468 g/mol. The fourth-order valence-electron chi connectivity index (χ4n) is 3.65. The van der Waals surface area contributed by atoms with Gasteiger partial charge in [-0.1, -0.05) is 23.7 Å². The van der Waals surface area contributed by atoms with Crippen molar-refractivity contribution in [2.45, 2.75) is 6.42 Å². The van der Waals surface area contributed by atoms with E-state index < -0.39 is 6.09 Å². The van der Waals surface area contributed by atoms with Crippen LogP contribution in [0.4, 0.5) is 16.2 Å². The summed E-state index contributed by atoms with van der Waals surface area (Å²) in [7, 11) is 0. The lowest BCUT2D eigenvalue weighted by Gasteiger charge is -2.36. The van der Waals surface area contributed by atoms with Gasteiger partial charge in [0.1, 0.15) is 13.2 Å². The molecule has 168 valence electrons. The summed E-state index contributed by atoms with van der Waals surface area (Å²) < 4.78 is 16.3. The molecule has 2 heterocycles. The SMILES string of the molecule is Cl.O=C(Nc1ccc2c(c1)OCCO2)OCCCN1CCN(c2ccccc2Cl)CC1. The second-order valence-electron chi connectivity index (χ2n) is 7.25. The van der Waals surface area contributed by atoms with Gasteiger partial charge in [-0.3, -0.25) is 10.2 Å². The number of halogens is 2. The summed E-state index contributed by atoms with van der Waals surface area (Å²) in [6, 6.07) is 13.3. The van der Waals surface area contributed by atoms with Gasteiger partial charge in [0.25, 0.3) is 0 Å². The number of carbonyl (C=O) groups excluding carboxylic acids is 1. The van der Waals surface area contributed by atoms with Gasteiger partial charge in [0, 0.05) is 44.5 Å². The van der Waals surface area contributed by atoms with Crippen molar-refractivity contribution in [1.29, 1.82) is 0 Å². The van der Waals surface area contributed by atoms with Gasteiger partial charge in [-0.2, -0.15) is 0 Å². The van der Waals surface area contributed by atoms with E-state index in [9.17, 15) is 4.79 Å². The molecular weight excluding hydrogens is 441 g/mol. The minimum Gasteiger partial charge on any atom is -0.486 e. The minimum atomic E-state index is -0.463. The van der Waals surface area contributed by atoms with Gasteiger partial charge in [-0.15, -0.1) is 12.4 Å². The van der Waals surface area contributed by atoms with E-state index in [1.165, 1.54) is 0 Å². The van der Waals surface area contributed by atoms with Gasteiger partial charge >= 0.3 is 6.09 Å². The highest BCUT2D eigenvalue weighted by molar-refractivity contribution is 6.33. The van der Waals surface area contributed by atoms with Crippen LogP contribution in [0.5, 0.6) is 11.5 Å². The molecule has 4 rings (SSSR count). The zero-order valence-electron chi connectivity index (χ0n) is 17.2. The van der Waals surface area contributed by atoms with Crippen molar-refractivity contribution in [3.8, 4) is 11.5 Å². The normalized spacial score (nSPS) is 15.7. The fraction of sp³-hybridized carbons (Fsp3) is 0.409. The zero-order chi connectivity index (χ0) is 20.8. The van der Waals surface area contributed by atoms with Crippen LogP contribution >= 0.6 is 24.0 Å². The molecule has 0 spiro atoms. The Labute approximate surface area is 193 Å². The molecule has 0 radical (unpaired) electrons. The lowest BCUT2D eigenvalue weighted by molar-refractivity contribution is 0.151. The smallest absolute Gasteiger partial charge is 0.411 e. The molecule has 2 aromatic rings. The van der Waals surface area contributed by atoms with Crippen molar-refractivity contribution < 1.29 is 19.0 Å². The van der Waals surface area contributed by atoms with E-state index in [0.29, 0.717) is 37.0 Å². The summed E-state index contributed by atoms with van der Waals surface area (Å²) in [4.78, 5) is 16.7. The van der Waals surface area contributed by atoms with Gasteiger partial charge in [-0.05, 0) is 30.7 Å². The molecule has 2 aliphatic heterocycles. The Morgan fingerprint density at radius 2 is 1.77 bits per heavy atom. The Morgan fingerprint density at radius 1 is 1.03 bits per heavy atom. The van der Waals surface area contributed by atoms with Crippen molar-refractivity contribution in [2.24, 2.45) is 0 Å². The highest BCUT2D eigenvalue weighted by Crippen LogP contribution is 2.32. The van der Waals surface area contributed by atoms with Crippen molar-refractivity contribution >= 4 is 41.5 Å². The quantitative estimate of drug-likeness (QED) is 0.639. The van der Waals surface area contributed by atoms with E-state index in [1.807, 2.05) is 18.2 Å². The molecule has 0 unspecified atom stereocenters. The van der Waals surface area contributed by atoms with Crippen molar-refractivity contribution in [1.82, 2.24) is 4.90 Å². The molecular formula is C22H27Cl2N3O4. The van der Waals surface area contributed by atoms with Crippen molar-refractivity contribution in [3.63, 3.8) is 0 Å². The molecule has 9 heteroatoms. The van der Waals surface area contributed by atoms with E-state index in [0.717, 1.165) is 49.9 Å². The third-order valence-corrected chi connectivity index (χ3v) is 5.53. The maximum absolute atomic E-state index is 12.0. The molecule has 0 aromatic heterocycles. The Bertz CT molecular complexity index is 876. The van der Waals surface area contributed by atoms with E-state index in [2.05, 4.69) is 21.2 Å². The first-order chi connectivity index (χ1) is 14.7. The monoisotopic (exact) mass is 467 g/mol. The number of nitrogens with zero attached hydrogens (tertiary/aromatic N) is 2. The molecule has 31 heavy (non-hydrogen) atoms. The number of carbonyl (C=O) groups is 1. The number of fused-ring (bicyclic) bond motifs is 1. The predicted molar refractivity (Wildman–Crippen MR) is 124 cm³/mol. The summed E-state index contributed by atoms with van der Waals surface area (Å²) in [6.45, 7) is 6.13. The van der Waals surface area contributed by atoms with Crippen LogP contribution in [0.25, 0.3) is 0 Å². The first kappa shape index (κ1) is 23.3. The number of hydrogen-bond donors (Lipinski definition) is 1. The zero-order valence-corrected chi connectivity index (χ0v) is 18.8. The Balaban J connectivity index is 0.00000272. The minimum absolute atomic E-state index is 0. The average Bonchev–Trinajstić information content (AvgIpc) is 2.77. The molecule has 0 atom stereocenters. The predicted octanol–water partition coefficient (Wildman–Crippen LogP) is 4.29. The number of benzene rings is 2. The number of rotatable bonds is 6. The fourth-order valence-corrected chi connectivity index (χ4v) is 3.90. The molecule has 2 aliphatic rings. The summed E-state index contributed by atoms with van der Waals surface area (Å²) in [6.07, 6.45) is 0.330. The number of nitrogens with one attached hydrogen (secondary N) is 1. The summed E-state index contributed by atoms with van der Waals surface area (Å²) in [5, 5.41) is 3.53. The van der Waals surface area contributed by atoms with Crippen molar-refractivity contribution in [3.05, 3.63) is 47.5 Å². The van der Waals surface area contributed by atoms with Gasteiger partial charge < -0.3 is 19.1 Å². The second kappa shape index (κ2) is 11.3. The number of amides is 1. The third kappa shape index (κ3) is 6.32. The third-order valence-electron chi connectivity index (χ3n) is 5.21. The first-order valence-electron chi connectivity index (χ1n) is 10.2. The molecule has 0 saturated carbocycles. The van der Waals surface area contributed by atoms with E-state index >= 15 is 0 Å². The molecule has 0 aliphatic carbocycles. The van der Waals surface area contributed by atoms with Gasteiger partial charge in [-0.25, -0.2) is 4.79 Å². The van der Waals surface area contributed by atoms with Crippen LogP contribution in [-0.4, -0.2) is 63.5 Å². The maximum atomic E-state index is 12.0. The highest BCUT2D eigenvalue weighted by atomic mass is 35.5. The van der Waals surface area contributed by atoms with Crippen LogP contribution in [0.2, 0.25) is 5.02 Å². The van der Waals surface area contributed by atoms with Crippen LogP contribution < -0.4 is 19.7 Å². The number of para-hydroxylation sites is 1. The molecule has 2 aromatic carbocycles. The summed E-state index contributed by atoms with van der Waals surface area (Å²) in [5.74, 6) is 1.32. The molecule has 1 saturated heterocycles. The van der Waals surface area contributed by atoms with E-state index in [1.54, 1.807) is 18.2 Å². The van der Waals surface area contributed by atoms with Crippen molar-refractivity contribution in [2.75, 3.05) is 62.8 Å². The van der Waals surface area contributed by atoms with Gasteiger partial charge in [0.05, 0.1) is 17.3 Å². The number of hydrogen-bond acceptors (Lipinski definition) is 6. The van der Waals surface area contributed by atoms with Crippen LogP contribution in [-0.2, 0) is 4.74 Å². The standard InChI is InChI=1S/C22H26ClN3O4.ClH/c23-18-4-1-2-5-19(18)26-11-9-25(10-12-26)8-3-13-30-22(27)24-17-6-7-20-21(16-17)29-15-14-28-20;/h1-2,4-7,16H,3,8-15H2,(H,24,27);1H. The summed E-state index contributed by atoms with van der Waals surface area (Å²) >= 11 is 6.30. The molecule has 1 amide bonds. The topological polar surface area (TPSA) is 63.3 Å². The van der Waals surface area contributed by atoms with Crippen LogP contribution in [0.1, 0.15) is 6.42 Å². The Hall–Kier alpha value is -2.35. The Morgan fingerprint density at radius 3 is 2.55 bits per heavy atom. The second-order valence-corrected chi connectivity index (χ2v) is 7.66. The molecule has 7 nitrogen and oxygen atoms in total. The van der Waals surface area contributed by atoms with Crippen LogP contribution in [0.15, 0.2) is 42.5 Å². The molecule has 1 N–H and O–H groups in total. The largest absolute Gasteiger partial charge is 0.486 e. The van der Waals surface area contributed by atoms with E-state index in [4.69, 9.17) is 25.8 Å². The highest BCUT2D eigenvalue weighted by Gasteiger charge is 2.18. The van der Waals surface area contributed by atoms with Gasteiger partial charge in [0.15, 0.2) is 11.5 Å².